The van der Waals surface area contributed by atoms with Gasteiger partial charge >= 0.3 is 0 Å². The van der Waals surface area contributed by atoms with Crippen LogP contribution in [0.25, 0.3) is 0 Å². The number of anilines is 1. The standard InChI is InChI=1S/C14H15FN2O3/c1-18-13-5-6-17-11(14(13)19-2)8-20-12-4-3-9(15)7-10(12)16/h3-7H,8,16H2,1-2H3. The van der Waals surface area contributed by atoms with Gasteiger partial charge in [-0.25, -0.2) is 4.39 Å². The van der Waals surface area contributed by atoms with Gasteiger partial charge in [0.15, 0.2) is 11.5 Å². The number of nitrogen functional groups attached to an aromatic ring is 1. The average molecular weight is 278 g/mol. The van der Waals surface area contributed by atoms with Crippen LogP contribution >= 0.6 is 0 Å². The Morgan fingerprint density at radius 1 is 1.15 bits per heavy atom. The monoisotopic (exact) mass is 278 g/mol. The molecular weight excluding hydrogens is 263 g/mol. The van der Waals surface area contributed by atoms with Crippen LogP contribution in [0.15, 0.2) is 30.5 Å². The van der Waals surface area contributed by atoms with Crippen LogP contribution in [-0.2, 0) is 6.61 Å². The first-order valence-electron chi connectivity index (χ1n) is 5.89. The van der Waals surface area contributed by atoms with E-state index in [0.29, 0.717) is 22.9 Å². The van der Waals surface area contributed by atoms with Gasteiger partial charge in [-0.2, -0.15) is 0 Å². The maximum atomic E-state index is 12.9. The molecule has 0 fully saturated rings. The zero-order valence-corrected chi connectivity index (χ0v) is 11.2. The highest BCUT2D eigenvalue weighted by atomic mass is 19.1. The molecule has 0 radical (unpaired) electrons. The van der Waals surface area contributed by atoms with Crippen LogP contribution in [0.3, 0.4) is 0 Å². The highest BCUT2D eigenvalue weighted by molar-refractivity contribution is 5.52. The van der Waals surface area contributed by atoms with Gasteiger partial charge in [-0.15, -0.1) is 0 Å². The van der Waals surface area contributed by atoms with E-state index in [-0.39, 0.29) is 12.3 Å². The molecule has 2 rings (SSSR count). The molecule has 2 aromatic rings. The molecule has 0 spiro atoms. The predicted octanol–water partition coefficient (Wildman–Crippen LogP) is 2.40. The van der Waals surface area contributed by atoms with E-state index in [1.807, 2.05) is 0 Å². The number of ether oxygens (including phenoxy) is 3. The van der Waals surface area contributed by atoms with Crippen LogP contribution in [-0.4, -0.2) is 19.2 Å². The Kier molecular flexibility index (Phi) is 4.24. The zero-order chi connectivity index (χ0) is 14.5. The van der Waals surface area contributed by atoms with E-state index >= 15 is 0 Å². The largest absolute Gasteiger partial charge is 0.493 e. The fourth-order valence-corrected chi connectivity index (χ4v) is 1.75. The lowest BCUT2D eigenvalue weighted by molar-refractivity contribution is 0.286. The lowest BCUT2D eigenvalue weighted by Crippen LogP contribution is -2.04. The van der Waals surface area contributed by atoms with Gasteiger partial charge in [0.25, 0.3) is 0 Å². The van der Waals surface area contributed by atoms with E-state index in [1.165, 1.54) is 25.3 Å². The van der Waals surface area contributed by atoms with Gasteiger partial charge in [0.2, 0.25) is 0 Å². The molecule has 1 aromatic heterocycles. The summed E-state index contributed by atoms with van der Waals surface area (Å²) in [6.07, 6.45) is 1.59. The summed E-state index contributed by atoms with van der Waals surface area (Å²) >= 11 is 0. The molecular formula is C14H15FN2O3. The Balaban J connectivity index is 2.18. The lowest BCUT2D eigenvalue weighted by Gasteiger charge is -2.13. The molecule has 2 N–H and O–H groups in total. The lowest BCUT2D eigenvalue weighted by atomic mass is 10.3. The van der Waals surface area contributed by atoms with E-state index in [1.54, 1.807) is 19.4 Å². The third-order valence-electron chi connectivity index (χ3n) is 2.70. The van der Waals surface area contributed by atoms with Gasteiger partial charge in [0.05, 0.1) is 19.9 Å². The SMILES string of the molecule is COc1ccnc(COc2ccc(F)cc2N)c1OC. The molecule has 0 saturated heterocycles. The van der Waals surface area contributed by atoms with Crippen LogP contribution in [0.2, 0.25) is 0 Å². The summed E-state index contributed by atoms with van der Waals surface area (Å²) in [4.78, 5) is 4.18. The maximum absolute atomic E-state index is 12.9. The number of benzene rings is 1. The summed E-state index contributed by atoms with van der Waals surface area (Å²) in [7, 11) is 3.07. The van der Waals surface area contributed by atoms with Gasteiger partial charge in [-0.1, -0.05) is 0 Å². The van der Waals surface area contributed by atoms with Crippen molar-refractivity contribution >= 4 is 5.69 Å². The molecule has 5 nitrogen and oxygen atoms in total. The molecule has 1 aromatic carbocycles. The van der Waals surface area contributed by atoms with Crippen molar-refractivity contribution in [2.45, 2.75) is 6.61 Å². The Morgan fingerprint density at radius 2 is 1.95 bits per heavy atom. The Bertz CT molecular complexity index is 605. The number of nitrogens with two attached hydrogens (primary N) is 1. The second-order valence-corrected chi connectivity index (χ2v) is 3.96. The van der Waals surface area contributed by atoms with Crippen LogP contribution in [0.4, 0.5) is 10.1 Å². The minimum atomic E-state index is -0.410. The number of nitrogens with zero attached hydrogens (tertiary/aromatic N) is 1. The molecule has 1 heterocycles. The fourth-order valence-electron chi connectivity index (χ4n) is 1.75. The van der Waals surface area contributed by atoms with Gasteiger partial charge in [0, 0.05) is 18.3 Å². The topological polar surface area (TPSA) is 66.6 Å². The minimum Gasteiger partial charge on any atom is -0.493 e. The summed E-state index contributed by atoms with van der Waals surface area (Å²) in [5.41, 5.74) is 6.46. The van der Waals surface area contributed by atoms with Gasteiger partial charge < -0.3 is 19.9 Å². The third kappa shape index (κ3) is 2.90. The number of halogens is 1. The summed E-state index contributed by atoms with van der Waals surface area (Å²) in [6.45, 7) is 0.135. The first-order valence-corrected chi connectivity index (χ1v) is 5.89. The number of rotatable bonds is 5. The van der Waals surface area contributed by atoms with Gasteiger partial charge in [-0.05, 0) is 12.1 Å². The summed E-state index contributed by atoms with van der Waals surface area (Å²) in [6, 6.07) is 5.64. The molecule has 20 heavy (non-hydrogen) atoms. The van der Waals surface area contributed by atoms with Crippen LogP contribution in [0.1, 0.15) is 5.69 Å². The van der Waals surface area contributed by atoms with Crippen LogP contribution in [0.5, 0.6) is 17.2 Å². The smallest absolute Gasteiger partial charge is 0.185 e. The quantitative estimate of drug-likeness (QED) is 0.851. The third-order valence-corrected chi connectivity index (χ3v) is 2.70. The molecule has 0 aliphatic carbocycles. The molecule has 0 bridgehead atoms. The summed E-state index contributed by atoms with van der Waals surface area (Å²) < 4.78 is 28.9. The van der Waals surface area contributed by atoms with Crippen molar-refractivity contribution in [2.24, 2.45) is 0 Å². The number of aromatic nitrogens is 1. The second-order valence-electron chi connectivity index (χ2n) is 3.96. The number of methoxy groups -OCH3 is 2. The van der Waals surface area contributed by atoms with E-state index in [4.69, 9.17) is 19.9 Å². The van der Waals surface area contributed by atoms with Crippen molar-refractivity contribution in [1.29, 1.82) is 0 Å². The fraction of sp³-hybridized carbons (Fsp3) is 0.214. The predicted molar refractivity (Wildman–Crippen MR) is 72.5 cm³/mol. The molecule has 0 saturated carbocycles. The Morgan fingerprint density at radius 3 is 2.60 bits per heavy atom. The van der Waals surface area contributed by atoms with Crippen LogP contribution < -0.4 is 19.9 Å². The van der Waals surface area contributed by atoms with Crippen molar-refractivity contribution in [1.82, 2.24) is 4.98 Å². The highest BCUT2D eigenvalue weighted by Crippen LogP contribution is 2.30. The van der Waals surface area contributed by atoms with E-state index in [9.17, 15) is 4.39 Å². The normalized spacial score (nSPS) is 10.2. The van der Waals surface area contributed by atoms with Gasteiger partial charge in [0.1, 0.15) is 23.9 Å². The van der Waals surface area contributed by atoms with E-state index in [2.05, 4.69) is 4.98 Å². The molecule has 0 unspecified atom stereocenters. The molecule has 0 atom stereocenters. The van der Waals surface area contributed by atoms with Gasteiger partial charge in [-0.3, -0.25) is 4.98 Å². The van der Waals surface area contributed by atoms with E-state index in [0.717, 1.165) is 0 Å². The molecule has 0 amide bonds. The minimum absolute atomic E-state index is 0.135. The first-order chi connectivity index (χ1) is 9.65. The highest BCUT2D eigenvalue weighted by Gasteiger charge is 2.12. The Hall–Kier alpha value is -2.50. The van der Waals surface area contributed by atoms with Crippen molar-refractivity contribution < 1.29 is 18.6 Å². The average Bonchev–Trinajstić information content (AvgIpc) is 2.45. The van der Waals surface area contributed by atoms with Crippen LogP contribution in [0, 0.1) is 5.82 Å². The molecule has 106 valence electrons. The zero-order valence-electron chi connectivity index (χ0n) is 11.2. The van der Waals surface area contributed by atoms with Crippen molar-refractivity contribution in [3.05, 3.63) is 42.0 Å². The maximum Gasteiger partial charge on any atom is 0.185 e. The van der Waals surface area contributed by atoms with Crippen molar-refractivity contribution in [2.75, 3.05) is 20.0 Å². The Labute approximate surface area is 116 Å². The molecule has 0 aliphatic rings. The van der Waals surface area contributed by atoms with Crippen molar-refractivity contribution in [3.8, 4) is 17.2 Å². The number of pyridine rings is 1. The summed E-state index contributed by atoms with van der Waals surface area (Å²) in [5.74, 6) is 1.04. The first kappa shape index (κ1) is 13.9. The summed E-state index contributed by atoms with van der Waals surface area (Å²) in [5, 5.41) is 0. The molecule has 0 aliphatic heterocycles. The second kappa shape index (κ2) is 6.10. The number of hydrogen-bond acceptors (Lipinski definition) is 5. The van der Waals surface area contributed by atoms with E-state index < -0.39 is 5.82 Å². The number of hydrogen-bond donors (Lipinski definition) is 1. The molecule has 6 heteroatoms. The van der Waals surface area contributed by atoms with Crippen molar-refractivity contribution in [3.63, 3.8) is 0 Å².